The lowest BCUT2D eigenvalue weighted by molar-refractivity contribution is -0.385. The molecule has 1 aromatic carbocycles. The van der Waals surface area contributed by atoms with Gasteiger partial charge in [0, 0.05) is 40.2 Å². The number of aromatic nitrogens is 2. The number of nitrogens with one attached hydrogen (secondary N) is 1. The summed E-state index contributed by atoms with van der Waals surface area (Å²) in [6, 6.07) is 2.65. The number of rotatable bonds is 5. The Bertz CT molecular complexity index is 712. The maximum Gasteiger partial charge on any atom is 0.271 e. The van der Waals surface area contributed by atoms with Crippen molar-refractivity contribution < 1.29 is 9.72 Å². The molecule has 0 saturated carbocycles. The number of non-ortho nitro benzene ring substituents is 1. The zero-order chi connectivity index (χ0) is 16.3. The second-order valence-corrected chi connectivity index (χ2v) is 6.41. The molecule has 1 amide bonds. The lowest BCUT2D eigenvalue weighted by Gasteiger charge is -2.09. The van der Waals surface area contributed by atoms with Gasteiger partial charge in [0.15, 0.2) is 0 Å². The number of nitrogens with zero attached hydrogens (tertiary/aromatic N) is 3. The highest BCUT2D eigenvalue weighted by molar-refractivity contribution is 9.11. The van der Waals surface area contributed by atoms with E-state index in [2.05, 4.69) is 42.3 Å². The van der Waals surface area contributed by atoms with Gasteiger partial charge in [0.25, 0.3) is 5.69 Å². The van der Waals surface area contributed by atoms with Crippen molar-refractivity contribution in [2.24, 2.45) is 0 Å². The fraction of sp³-hybridized carbons (Fsp3) is 0.167. The van der Waals surface area contributed by atoms with Crippen LogP contribution in [0.3, 0.4) is 0 Å². The Morgan fingerprint density at radius 1 is 1.41 bits per heavy atom. The van der Waals surface area contributed by atoms with Crippen LogP contribution in [-0.2, 0) is 11.3 Å². The average molecular weight is 452 g/mol. The van der Waals surface area contributed by atoms with Crippen molar-refractivity contribution in [1.82, 2.24) is 9.78 Å². The Kier molecular flexibility index (Phi) is 5.54. The summed E-state index contributed by atoms with van der Waals surface area (Å²) < 4.78 is 2.40. The maximum atomic E-state index is 12.0. The summed E-state index contributed by atoms with van der Waals surface area (Å²) in [7, 11) is 0. The normalized spacial score (nSPS) is 10.5. The van der Waals surface area contributed by atoms with Crippen molar-refractivity contribution in [3.8, 4) is 0 Å². The lowest BCUT2D eigenvalue weighted by atomic mass is 10.2. The molecule has 0 aliphatic carbocycles. The molecular formula is C12H9Br2ClN4O3. The number of nitro benzene ring substituents is 1. The molecule has 2 aromatic rings. The fourth-order valence-corrected chi connectivity index (χ4v) is 3.18. The number of anilines is 1. The molecule has 0 radical (unpaired) electrons. The first-order valence-electron chi connectivity index (χ1n) is 5.98. The molecule has 0 atom stereocenters. The van der Waals surface area contributed by atoms with E-state index in [-0.39, 0.29) is 18.0 Å². The van der Waals surface area contributed by atoms with Crippen LogP contribution in [0.1, 0.15) is 6.42 Å². The highest BCUT2D eigenvalue weighted by atomic mass is 79.9. The van der Waals surface area contributed by atoms with E-state index >= 15 is 0 Å². The summed E-state index contributed by atoms with van der Waals surface area (Å²) in [5, 5.41) is 17.9. The largest absolute Gasteiger partial charge is 0.324 e. The number of carbonyl (C=O) groups is 1. The van der Waals surface area contributed by atoms with Gasteiger partial charge in [0.05, 0.1) is 21.8 Å². The van der Waals surface area contributed by atoms with Crippen LogP contribution in [0, 0.1) is 10.1 Å². The van der Waals surface area contributed by atoms with Gasteiger partial charge in [-0.15, -0.1) is 0 Å². The highest BCUT2D eigenvalue weighted by Gasteiger charge is 2.15. The lowest BCUT2D eigenvalue weighted by Crippen LogP contribution is -2.15. The van der Waals surface area contributed by atoms with E-state index in [0.29, 0.717) is 26.2 Å². The molecule has 0 saturated heterocycles. The zero-order valence-electron chi connectivity index (χ0n) is 10.9. The first kappa shape index (κ1) is 16.9. The minimum absolute atomic E-state index is 0.0806. The van der Waals surface area contributed by atoms with Gasteiger partial charge in [-0.1, -0.05) is 11.6 Å². The molecule has 0 fully saturated rings. The average Bonchev–Trinajstić information content (AvgIpc) is 2.86. The Morgan fingerprint density at radius 2 is 2.05 bits per heavy atom. The van der Waals surface area contributed by atoms with Crippen LogP contribution in [0.15, 0.2) is 33.5 Å². The van der Waals surface area contributed by atoms with Gasteiger partial charge in [-0.25, -0.2) is 0 Å². The number of hydrogen-bond acceptors (Lipinski definition) is 4. The molecular weight excluding hydrogens is 443 g/mol. The molecule has 2 rings (SSSR count). The first-order chi connectivity index (χ1) is 10.4. The van der Waals surface area contributed by atoms with Crippen LogP contribution in [0.25, 0.3) is 0 Å². The number of amides is 1. The molecule has 7 nitrogen and oxygen atoms in total. The Labute approximate surface area is 147 Å². The number of hydrogen-bond donors (Lipinski definition) is 1. The van der Waals surface area contributed by atoms with E-state index in [0.717, 1.165) is 0 Å². The molecule has 0 aliphatic rings. The molecule has 1 heterocycles. The molecule has 1 N–H and O–H groups in total. The van der Waals surface area contributed by atoms with E-state index < -0.39 is 4.92 Å². The first-order valence-corrected chi connectivity index (χ1v) is 7.94. The van der Waals surface area contributed by atoms with Crippen LogP contribution in [0.5, 0.6) is 0 Å². The van der Waals surface area contributed by atoms with Gasteiger partial charge in [-0.05, 0) is 31.9 Å². The summed E-state index contributed by atoms with van der Waals surface area (Å²) >= 11 is 12.2. The van der Waals surface area contributed by atoms with Crippen LogP contribution < -0.4 is 5.32 Å². The molecule has 116 valence electrons. The van der Waals surface area contributed by atoms with Crippen molar-refractivity contribution >= 4 is 60.7 Å². The Balaban J connectivity index is 2.03. The van der Waals surface area contributed by atoms with Crippen LogP contribution in [0.4, 0.5) is 11.4 Å². The zero-order valence-corrected chi connectivity index (χ0v) is 14.9. The van der Waals surface area contributed by atoms with Gasteiger partial charge < -0.3 is 5.32 Å². The molecule has 0 spiro atoms. The quantitative estimate of drug-likeness (QED) is 0.549. The Hall–Kier alpha value is -1.45. The minimum atomic E-state index is -0.511. The monoisotopic (exact) mass is 450 g/mol. The van der Waals surface area contributed by atoms with Crippen LogP contribution in [-0.4, -0.2) is 20.6 Å². The van der Waals surface area contributed by atoms with E-state index in [1.807, 2.05) is 0 Å². The molecule has 22 heavy (non-hydrogen) atoms. The summed E-state index contributed by atoms with van der Waals surface area (Å²) in [5.41, 5.74) is 0.358. The van der Waals surface area contributed by atoms with Crippen molar-refractivity contribution in [3.05, 3.63) is 48.6 Å². The van der Waals surface area contributed by atoms with Crippen molar-refractivity contribution in [1.29, 1.82) is 0 Å². The second-order valence-electron chi connectivity index (χ2n) is 4.26. The molecule has 10 heteroatoms. The van der Waals surface area contributed by atoms with Crippen molar-refractivity contribution in [2.45, 2.75) is 13.0 Å². The predicted octanol–water partition coefficient (Wildman–Crippen LogP) is 4.00. The van der Waals surface area contributed by atoms with Crippen LogP contribution in [0.2, 0.25) is 5.02 Å². The van der Waals surface area contributed by atoms with Gasteiger partial charge in [-0.2, -0.15) is 5.10 Å². The summed E-state index contributed by atoms with van der Waals surface area (Å²) in [6.07, 6.45) is 3.30. The summed E-state index contributed by atoms with van der Waals surface area (Å²) in [4.78, 5) is 22.2. The van der Waals surface area contributed by atoms with E-state index in [4.69, 9.17) is 11.6 Å². The van der Waals surface area contributed by atoms with E-state index in [9.17, 15) is 14.9 Å². The fourth-order valence-electron chi connectivity index (χ4n) is 1.66. The standard InChI is InChI=1S/C12H9Br2ClN4O3/c13-9-3-8(19(21)22)4-10(14)12(9)17-11(20)1-2-18-6-7(15)5-16-18/h3-6H,1-2H2,(H,17,20). The predicted molar refractivity (Wildman–Crippen MR) is 89.0 cm³/mol. The number of carbonyl (C=O) groups excluding carboxylic acids is 1. The number of halogens is 3. The summed E-state index contributed by atoms with van der Waals surface area (Å²) in [5.74, 6) is -0.248. The molecule has 1 aromatic heterocycles. The van der Waals surface area contributed by atoms with Crippen LogP contribution >= 0.6 is 43.5 Å². The summed E-state index contributed by atoms with van der Waals surface area (Å²) in [6.45, 7) is 0.376. The third kappa shape index (κ3) is 4.28. The van der Waals surface area contributed by atoms with Gasteiger partial charge >= 0.3 is 0 Å². The maximum absolute atomic E-state index is 12.0. The third-order valence-electron chi connectivity index (χ3n) is 2.67. The number of aryl methyl sites for hydroxylation is 1. The van der Waals surface area contributed by atoms with E-state index in [1.54, 1.807) is 10.9 Å². The van der Waals surface area contributed by atoms with Gasteiger partial charge in [0.2, 0.25) is 5.91 Å². The van der Waals surface area contributed by atoms with E-state index in [1.165, 1.54) is 18.3 Å². The molecule has 0 aliphatic heterocycles. The van der Waals surface area contributed by atoms with Crippen molar-refractivity contribution in [2.75, 3.05) is 5.32 Å². The molecule has 0 bridgehead atoms. The smallest absolute Gasteiger partial charge is 0.271 e. The third-order valence-corrected chi connectivity index (χ3v) is 4.12. The minimum Gasteiger partial charge on any atom is -0.324 e. The number of benzene rings is 1. The van der Waals surface area contributed by atoms with Crippen molar-refractivity contribution in [3.63, 3.8) is 0 Å². The second kappa shape index (κ2) is 7.21. The topological polar surface area (TPSA) is 90.1 Å². The number of nitro groups is 1. The Morgan fingerprint density at radius 3 is 2.55 bits per heavy atom. The molecule has 0 unspecified atom stereocenters. The van der Waals surface area contributed by atoms with Gasteiger partial charge in [-0.3, -0.25) is 19.6 Å². The highest BCUT2D eigenvalue weighted by Crippen LogP contribution is 2.35. The van der Waals surface area contributed by atoms with Gasteiger partial charge in [0.1, 0.15) is 0 Å². The SMILES string of the molecule is O=C(CCn1cc(Cl)cn1)Nc1c(Br)cc([N+](=O)[O-])cc1Br.